The van der Waals surface area contributed by atoms with Crippen LogP contribution in [0.1, 0.15) is 46.6 Å². The third-order valence-corrected chi connectivity index (χ3v) is 10.9. The normalized spacial score (nSPS) is 16.7. The Balaban J connectivity index is 1.79. The molecule has 0 radical (unpaired) electrons. The highest BCUT2D eigenvalue weighted by atomic mass is 32.2. The van der Waals surface area contributed by atoms with Gasteiger partial charge in [0.05, 0.1) is 38.4 Å². The summed E-state index contributed by atoms with van der Waals surface area (Å²) in [7, 11) is -5.70. The Morgan fingerprint density at radius 2 is 1.63 bits per heavy atom. The second-order valence-corrected chi connectivity index (χ2v) is 15.5. The fraction of sp³-hybridized carbons (Fsp3) is 0.594. The molecular weight excluding hydrogens is 635 g/mol. The smallest absolute Gasteiger partial charge is 0.407 e. The van der Waals surface area contributed by atoms with Crippen molar-refractivity contribution in [3.63, 3.8) is 0 Å². The van der Waals surface area contributed by atoms with E-state index >= 15 is 0 Å². The molecule has 1 amide bonds. The summed E-state index contributed by atoms with van der Waals surface area (Å²) in [5.74, 6) is 0.799. The van der Waals surface area contributed by atoms with Crippen molar-refractivity contribution >= 4 is 23.7 Å². The Labute approximate surface area is 273 Å². The zero-order valence-electron chi connectivity index (χ0n) is 27.7. The van der Waals surface area contributed by atoms with Gasteiger partial charge < -0.3 is 33.3 Å². The van der Waals surface area contributed by atoms with E-state index < -0.39 is 29.8 Å². The van der Waals surface area contributed by atoms with Crippen molar-refractivity contribution in [3.8, 4) is 11.5 Å². The molecule has 0 spiro atoms. The van der Waals surface area contributed by atoms with E-state index in [1.165, 1.54) is 23.5 Å². The molecular formula is C32H49N2O10PS. The molecule has 0 unspecified atom stereocenters. The Morgan fingerprint density at radius 1 is 1.00 bits per heavy atom. The lowest BCUT2D eigenvalue weighted by molar-refractivity contribution is 0.0785. The predicted octanol–water partition coefficient (Wildman–Crippen LogP) is 5.71. The molecule has 12 nitrogen and oxygen atoms in total. The summed E-state index contributed by atoms with van der Waals surface area (Å²) < 4.78 is 74.3. The number of hydrogen-bond donors (Lipinski definition) is 1. The summed E-state index contributed by atoms with van der Waals surface area (Å²) >= 11 is 0. The largest absolute Gasteiger partial charge is 0.497 e. The van der Waals surface area contributed by atoms with Gasteiger partial charge in [-0.15, -0.1) is 0 Å². The molecule has 2 aromatic carbocycles. The van der Waals surface area contributed by atoms with E-state index in [4.69, 9.17) is 28.0 Å². The van der Waals surface area contributed by atoms with E-state index in [9.17, 15) is 17.8 Å². The first-order valence-corrected chi connectivity index (χ1v) is 18.8. The first-order chi connectivity index (χ1) is 21.9. The summed E-state index contributed by atoms with van der Waals surface area (Å²) in [5, 5.41) is 2.99. The van der Waals surface area contributed by atoms with Crippen LogP contribution in [0.5, 0.6) is 11.5 Å². The van der Waals surface area contributed by atoms with E-state index in [1.54, 1.807) is 38.1 Å². The lowest BCUT2D eigenvalue weighted by Gasteiger charge is -2.31. The first-order valence-electron chi connectivity index (χ1n) is 15.7. The van der Waals surface area contributed by atoms with Gasteiger partial charge in [0.1, 0.15) is 17.6 Å². The number of methoxy groups -OCH3 is 1. The molecule has 1 aliphatic heterocycles. The van der Waals surface area contributed by atoms with Crippen LogP contribution in [0.4, 0.5) is 4.79 Å². The lowest BCUT2D eigenvalue weighted by atomic mass is 9.94. The molecule has 0 aliphatic carbocycles. The average molecular weight is 685 g/mol. The van der Waals surface area contributed by atoms with Gasteiger partial charge in [0.25, 0.3) is 0 Å². The van der Waals surface area contributed by atoms with Gasteiger partial charge in [0, 0.05) is 25.6 Å². The molecule has 3 rings (SSSR count). The van der Waals surface area contributed by atoms with Crippen LogP contribution in [0.15, 0.2) is 53.4 Å². The summed E-state index contributed by atoms with van der Waals surface area (Å²) in [5.41, 5.74) is 0.875. The number of nitrogens with zero attached hydrogens (tertiary/aromatic N) is 1. The van der Waals surface area contributed by atoms with E-state index in [-0.39, 0.29) is 48.9 Å². The summed E-state index contributed by atoms with van der Waals surface area (Å²) in [6.07, 6.45) is -0.114. The van der Waals surface area contributed by atoms with Crippen molar-refractivity contribution in [2.75, 3.05) is 53.0 Å². The second-order valence-electron chi connectivity index (χ2n) is 11.6. The molecule has 1 fully saturated rings. The SMILES string of the molecule is CCOP(=O)(COc1ccc(C[C@H](NC(=O)O[C@@H]2CCOC2)[C@H](C)CN(CC(C)C)S(=O)(=O)c2ccc(OC)cc2)cc1)OCC. The first kappa shape index (κ1) is 37.8. The molecule has 1 aliphatic rings. The maximum atomic E-state index is 13.8. The fourth-order valence-electron chi connectivity index (χ4n) is 4.99. The van der Waals surface area contributed by atoms with Crippen LogP contribution in [-0.4, -0.2) is 83.9 Å². The summed E-state index contributed by atoms with van der Waals surface area (Å²) in [6, 6.07) is 13.0. The number of sulfonamides is 1. The number of hydrogen-bond acceptors (Lipinski definition) is 10. The van der Waals surface area contributed by atoms with Gasteiger partial charge in [-0.2, -0.15) is 4.31 Å². The van der Waals surface area contributed by atoms with Gasteiger partial charge in [0.2, 0.25) is 10.0 Å². The lowest BCUT2D eigenvalue weighted by Crippen LogP contribution is -2.47. The number of nitrogens with one attached hydrogen (secondary N) is 1. The van der Waals surface area contributed by atoms with Gasteiger partial charge in [-0.3, -0.25) is 4.57 Å². The number of rotatable bonds is 19. The predicted molar refractivity (Wildman–Crippen MR) is 175 cm³/mol. The third kappa shape index (κ3) is 11.5. The maximum Gasteiger partial charge on any atom is 0.407 e. The molecule has 258 valence electrons. The van der Waals surface area contributed by atoms with Crippen LogP contribution in [0.3, 0.4) is 0 Å². The Hall–Kier alpha value is -2.67. The van der Waals surface area contributed by atoms with Crippen molar-refractivity contribution in [3.05, 3.63) is 54.1 Å². The van der Waals surface area contributed by atoms with E-state index in [1.807, 2.05) is 32.9 Å². The molecule has 46 heavy (non-hydrogen) atoms. The van der Waals surface area contributed by atoms with E-state index in [0.717, 1.165) is 5.56 Å². The monoisotopic (exact) mass is 684 g/mol. The van der Waals surface area contributed by atoms with Crippen molar-refractivity contribution in [1.82, 2.24) is 9.62 Å². The Kier molecular flexibility index (Phi) is 14.8. The van der Waals surface area contributed by atoms with E-state index in [0.29, 0.717) is 44.1 Å². The molecule has 1 heterocycles. The van der Waals surface area contributed by atoms with Crippen LogP contribution in [0.25, 0.3) is 0 Å². The highest BCUT2D eigenvalue weighted by Crippen LogP contribution is 2.47. The van der Waals surface area contributed by atoms with Crippen molar-refractivity contribution < 1.29 is 45.8 Å². The zero-order valence-corrected chi connectivity index (χ0v) is 29.4. The number of carbonyl (C=O) groups is 1. The number of benzene rings is 2. The number of amides is 1. The van der Waals surface area contributed by atoms with Crippen LogP contribution >= 0.6 is 7.60 Å². The fourth-order valence-corrected chi connectivity index (χ4v) is 8.02. The highest BCUT2D eigenvalue weighted by molar-refractivity contribution is 7.89. The van der Waals surface area contributed by atoms with Crippen LogP contribution < -0.4 is 14.8 Å². The van der Waals surface area contributed by atoms with Gasteiger partial charge in [0.15, 0.2) is 6.35 Å². The van der Waals surface area contributed by atoms with Crippen LogP contribution in [0.2, 0.25) is 0 Å². The number of alkyl carbamates (subject to hydrolysis) is 1. The van der Waals surface area contributed by atoms with Gasteiger partial charge in [-0.1, -0.05) is 32.9 Å². The zero-order chi connectivity index (χ0) is 33.7. The van der Waals surface area contributed by atoms with Gasteiger partial charge in [-0.25, -0.2) is 13.2 Å². The minimum atomic E-state index is -3.84. The Bertz CT molecular complexity index is 1360. The minimum absolute atomic E-state index is 0.0623. The maximum absolute atomic E-state index is 13.8. The molecule has 0 saturated carbocycles. The second kappa shape index (κ2) is 18.0. The third-order valence-electron chi connectivity index (χ3n) is 7.33. The van der Waals surface area contributed by atoms with Crippen LogP contribution in [0, 0.1) is 11.8 Å². The van der Waals surface area contributed by atoms with Crippen molar-refractivity contribution in [1.29, 1.82) is 0 Å². The van der Waals surface area contributed by atoms with Crippen molar-refractivity contribution in [2.24, 2.45) is 11.8 Å². The molecule has 0 bridgehead atoms. The highest BCUT2D eigenvalue weighted by Gasteiger charge is 2.31. The molecule has 1 saturated heterocycles. The molecule has 1 N–H and O–H groups in total. The standard InChI is InChI=1S/C32H49N2O10PS/c1-7-42-45(36,43-8-2)23-41-28-11-9-26(10-12-28)19-31(33-32(35)44-29-17-18-40-22-29)25(5)21-34(20-24(3)4)46(37,38)30-15-13-27(39-6)14-16-30/h9-16,24-25,29,31H,7-8,17-23H2,1-6H3,(H,33,35)/t25-,29-,31+/m1/s1. The van der Waals surface area contributed by atoms with E-state index in [2.05, 4.69) is 5.32 Å². The quantitative estimate of drug-likeness (QED) is 0.183. The van der Waals surface area contributed by atoms with Gasteiger partial charge >= 0.3 is 13.7 Å². The van der Waals surface area contributed by atoms with Gasteiger partial charge in [-0.05, 0) is 74.1 Å². The molecule has 14 heteroatoms. The molecule has 2 aromatic rings. The average Bonchev–Trinajstić information content (AvgIpc) is 3.53. The van der Waals surface area contributed by atoms with Crippen molar-refractivity contribution in [2.45, 2.75) is 64.5 Å². The molecule has 0 aromatic heterocycles. The minimum Gasteiger partial charge on any atom is -0.497 e. The number of carbonyl (C=O) groups excluding carboxylic acids is 1. The summed E-state index contributed by atoms with van der Waals surface area (Å²) in [4.78, 5) is 13.2. The Morgan fingerprint density at radius 3 is 2.17 bits per heavy atom. The molecule has 3 atom stereocenters. The summed E-state index contributed by atoms with van der Waals surface area (Å²) in [6.45, 7) is 11.1. The number of ether oxygens (including phenoxy) is 4. The van der Waals surface area contributed by atoms with Crippen LogP contribution in [-0.2, 0) is 39.5 Å². The topological polar surface area (TPSA) is 139 Å².